The average Bonchev–Trinajstić information content (AvgIpc) is 2.37. The molecule has 1 aliphatic heterocycles. The SMILES string of the molecule is CC1(C)CCCNC1CNc1nnccc1C#N. The normalized spacial score (nSPS) is 22.2. The van der Waals surface area contributed by atoms with Crippen LogP contribution in [0.25, 0.3) is 0 Å². The van der Waals surface area contributed by atoms with Crippen LogP contribution in [-0.2, 0) is 0 Å². The molecule has 1 aliphatic rings. The molecule has 1 aromatic heterocycles. The summed E-state index contributed by atoms with van der Waals surface area (Å²) in [7, 11) is 0. The Morgan fingerprint density at radius 1 is 1.61 bits per heavy atom. The molecular weight excluding hydrogens is 226 g/mol. The predicted octanol–water partition coefficient (Wildman–Crippen LogP) is 1.54. The van der Waals surface area contributed by atoms with Crippen molar-refractivity contribution in [3.8, 4) is 6.07 Å². The van der Waals surface area contributed by atoms with Crippen LogP contribution in [-0.4, -0.2) is 29.3 Å². The summed E-state index contributed by atoms with van der Waals surface area (Å²) in [6.45, 7) is 6.36. The van der Waals surface area contributed by atoms with Crippen molar-refractivity contribution in [2.45, 2.75) is 32.7 Å². The first-order chi connectivity index (χ1) is 8.63. The molecule has 5 heteroatoms. The van der Waals surface area contributed by atoms with Gasteiger partial charge in [0.05, 0.1) is 11.8 Å². The van der Waals surface area contributed by atoms with Crippen LogP contribution in [0.2, 0.25) is 0 Å². The van der Waals surface area contributed by atoms with Crippen LogP contribution in [0.3, 0.4) is 0 Å². The van der Waals surface area contributed by atoms with Gasteiger partial charge in [-0.3, -0.25) is 0 Å². The molecule has 0 aromatic carbocycles. The maximum absolute atomic E-state index is 8.98. The summed E-state index contributed by atoms with van der Waals surface area (Å²) in [5.74, 6) is 0.572. The zero-order valence-corrected chi connectivity index (χ0v) is 10.9. The van der Waals surface area contributed by atoms with Gasteiger partial charge >= 0.3 is 0 Å². The Labute approximate surface area is 108 Å². The molecule has 0 amide bonds. The van der Waals surface area contributed by atoms with E-state index in [9.17, 15) is 0 Å². The first-order valence-corrected chi connectivity index (χ1v) is 6.32. The monoisotopic (exact) mass is 245 g/mol. The molecule has 2 N–H and O–H groups in total. The highest BCUT2D eigenvalue weighted by Crippen LogP contribution is 2.30. The van der Waals surface area contributed by atoms with E-state index in [0.717, 1.165) is 13.1 Å². The summed E-state index contributed by atoms with van der Waals surface area (Å²) in [4.78, 5) is 0. The number of rotatable bonds is 3. The number of nitrogens with one attached hydrogen (secondary N) is 2. The number of anilines is 1. The van der Waals surface area contributed by atoms with Gasteiger partial charge in [-0.15, -0.1) is 5.10 Å². The van der Waals surface area contributed by atoms with E-state index in [1.54, 1.807) is 6.07 Å². The zero-order chi connectivity index (χ0) is 13.0. The van der Waals surface area contributed by atoms with E-state index in [1.807, 2.05) is 0 Å². The lowest BCUT2D eigenvalue weighted by Crippen LogP contribution is -2.50. The van der Waals surface area contributed by atoms with E-state index < -0.39 is 0 Å². The Hall–Kier alpha value is -1.67. The summed E-state index contributed by atoms with van der Waals surface area (Å²) in [6.07, 6.45) is 3.97. The number of piperidine rings is 1. The van der Waals surface area contributed by atoms with Crippen molar-refractivity contribution in [2.24, 2.45) is 5.41 Å². The number of nitriles is 1. The first kappa shape index (κ1) is 12.8. The van der Waals surface area contributed by atoms with Gasteiger partial charge in [-0.1, -0.05) is 13.8 Å². The molecule has 0 radical (unpaired) electrons. The molecule has 2 rings (SSSR count). The standard InChI is InChI=1S/C13H19N5/c1-13(2)5-3-6-15-11(13)9-16-12-10(8-14)4-7-17-18-12/h4,7,11,15H,3,5-6,9H2,1-2H3,(H,16,18). The fourth-order valence-electron chi connectivity index (χ4n) is 2.37. The molecule has 0 spiro atoms. The predicted molar refractivity (Wildman–Crippen MR) is 70.0 cm³/mol. The van der Waals surface area contributed by atoms with Crippen LogP contribution in [0.4, 0.5) is 5.82 Å². The third kappa shape index (κ3) is 2.77. The summed E-state index contributed by atoms with van der Waals surface area (Å²) in [6, 6.07) is 4.18. The quantitative estimate of drug-likeness (QED) is 0.845. The highest BCUT2D eigenvalue weighted by Gasteiger charge is 2.31. The lowest BCUT2D eigenvalue weighted by atomic mass is 9.77. The van der Waals surface area contributed by atoms with E-state index >= 15 is 0 Å². The van der Waals surface area contributed by atoms with E-state index in [2.05, 4.69) is 40.7 Å². The maximum Gasteiger partial charge on any atom is 0.166 e. The molecule has 96 valence electrons. The van der Waals surface area contributed by atoms with Crippen LogP contribution in [0.1, 0.15) is 32.3 Å². The van der Waals surface area contributed by atoms with Crippen LogP contribution in [0.5, 0.6) is 0 Å². The highest BCUT2D eigenvalue weighted by atomic mass is 15.2. The molecule has 18 heavy (non-hydrogen) atoms. The van der Waals surface area contributed by atoms with Crippen molar-refractivity contribution in [2.75, 3.05) is 18.4 Å². The van der Waals surface area contributed by atoms with Gasteiger partial charge in [0.2, 0.25) is 0 Å². The molecule has 0 bridgehead atoms. The van der Waals surface area contributed by atoms with Gasteiger partial charge in [-0.25, -0.2) is 0 Å². The Balaban J connectivity index is 2.01. The molecule has 1 saturated heterocycles. The van der Waals surface area contributed by atoms with E-state index in [0.29, 0.717) is 17.4 Å². The van der Waals surface area contributed by atoms with Crippen molar-refractivity contribution in [1.82, 2.24) is 15.5 Å². The molecule has 0 saturated carbocycles. The minimum absolute atomic E-state index is 0.264. The van der Waals surface area contributed by atoms with Gasteiger partial charge in [-0.05, 0) is 30.9 Å². The summed E-state index contributed by atoms with van der Waals surface area (Å²) in [5, 5.41) is 23.5. The molecule has 1 unspecified atom stereocenters. The first-order valence-electron chi connectivity index (χ1n) is 6.32. The largest absolute Gasteiger partial charge is 0.366 e. The van der Waals surface area contributed by atoms with Gasteiger partial charge in [0.25, 0.3) is 0 Å². The van der Waals surface area contributed by atoms with Gasteiger partial charge in [0, 0.05) is 12.6 Å². The van der Waals surface area contributed by atoms with Gasteiger partial charge < -0.3 is 10.6 Å². The summed E-state index contributed by atoms with van der Waals surface area (Å²) < 4.78 is 0. The summed E-state index contributed by atoms with van der Waals surface area (Å²) in [5.41, 5.74) is 0.805. The molecule has 1 aromatic rings. The summed E-state index contributed by atoms with van der Waals surface area (Å²) >= 11 is 0. The highest BCUT2D eigenvalue weighted by molar-refractivity contribution is 5.50. The fraction of sp³-hybridized carbons (Fsp3) is 0.615. The van der Waals surface area contributed by atoms with Crippen molar-refractivity contribution in [3.63, 3.8) is 0 Å². The molecule has 2 heterocycles. The second kappa shape index (κ2) is 5.32. The van der Waals surface area contributed by atoms with Crippen molar-refractivity contribution in [3.05, 3.63) is 17.8 Å². The molecular formula is C13H19N5. The zero-order valence-electron chi connectivity index (χ0n) is 10.9. The minimum atomic E-state index is 0.264. The Kier molecular flexibility index (Phi) is 3.78. The smallest absolute Gasteiger partial charge is 0.166 e. The van der Waals surface area contributed by atoms with Crippen molar-refractivity contribution < 1.29 is 0 Å². The molecule has 1 fully saturated rings. The van der Waals surface area contributed by atoms with E-state index in [4.69, 9.17) is 5.26 Å². The third-order valence-electron chi connectivity index (χ3n) is 3.65. The van der Waals surface area contributed by atoms with Crippen molar-refractivity contribution in [1.29, 1.82) is 5.26 Å². The van der Waals surface area contributed by atoms with E-state index in [1.165, 1.54) is 19.0 Å². The lowest BCUT2D eigenvalue weighted by molar-refractivity contribution is 0.188. The topological polar surface area (TPSA) is 73.6 Å². The van der Waals surface area contributed by atoms with Crippen LogP contribution in [0.15, 0.2) is 12.3 Å². The van der Waals surface area contributed by atoms with Gasteiger partial charge in [0.1, 0.15) is 6.07 Å². The number of hydrogen-bond donors (Lipinski definition) is 2. The Bertz CT molecular complexity index is 449. The Morgan fingerprint density at radius 3 is 3.17 bits per heavy atom. The van der Waals surface area contributed by atoms with Crippen molar-refractivity contribution >= 4 is 5.82 Å². The number of hydrogen-bond acceptors (Lipinski definition) is 5. The van der Waals surface area contributed by atoms with E-state index in [-0.39, 0.29) is 5.41 Å². The fourth-order valence-corrected chi connectivity index (χ4v) is 2.37. The minimum Gasteiger partial charge on any atom is -0.366 e. The van der Waals surface area contributed by atoms with Crippen LogP contribution >= 0.6 is 0 Å². The molecule has 1 atom stereocenters. The van der Waals surface area contributed by atoms with Crippen LogP contribution < -0.4 is 10.6 Å². The third-order valence-corrected chi connectivity index (χ3v) is 3.65. The second-order valence-corrected chi connectivity index (χ2v) is 5.39. The Morgan fingerprint density at radius 2 is 2.44 bits per heavy atom. The van der Waals surface area contributed by atoms with Gasteiger partial charge in [-0.2, -0.15) is 10.4 Å². The number of aromatic nitrogens is 2. The molecule has 5 nitrogen and oxygen atoms in total. The average molecular weight is 245 g/mol. The molecule has 0 aliphatic carbocycles. The lowest BCUT2D eigenvalue weighted by Gasteiger charge is -2.39. The number of nitrogens with zero attached hydrogens (tertiary/aromatic N) is 3. The second-order valence-electron chi connectivity index (χ2n) is 5.39. The maximum atomic E-state index is 8.98. The van der Waals surface area contributed by atoms with Crippen LogP contribution in [0, 0.1) is 16.7 Å². The van der Waals surface area contributed by atoms with Gasteiger partial charge in [0.15, 0.2) is 5.82 Å².